The van der Waals surface area contributed by atoms with Crippen LogP contribution in [0.25, 0.3) is 0 Å². The molecule has 0 spiro atoms. The van der Waals surface area contributed by atoms with Gasteiger partial charge in [-0.1, -0.05) is 0 Å². The van der Waals surface area contributed by atoms with Gasteiger partial charge in [-0.3, -0.25) is 4.90 Å². The summed E-state index contributed by atoms with van der Waals surface area (Å²) in [7, 11) is 0. The van der Waals surface area contributed by atoms with Crippen molar-refractivity contribution in [1.29, 1.82) is 0 Å². The molecule has 1 amide bonds. The Morgan fingerprint density at radius 1 is 1.43 bits per heavy atom. The predicted octanol–water partition coefficient (Wildman–Crippen LogP) is 0.811. The second kappa shape index (κ2) is 5.68. The molecule has 0 radical (unpaired) electrons. The quantitative estimate of drug-likeness (QED) is 0.829. The number of rotatable bonds is 2. The van der Waals surface area contributed by atoms with Gasteiger partial charge in [-0.2, -0.15) is 10.3 Å². The number of aromatic carboxylic acids is 1. The van der Waals surface area contributed by atoms with Crippen LogP contribution in [0.15, 0.2) is 0 Å². The molecule has 2 heterocycles. The number of aromatic amines is 1. The molecule has 9 nitrogen and oxygen atoms in total. The van der Waals surface area contributed by atoms with E-state index in [2.05, 4.69) is 15.4 Å². The van der Waals surface area contributed by atoms with E-state index < -0.39 is 23.7 Å². The Labute approximate surface area is 121 Å². The number of nitrogens with one attached hydrogen (secondary N) is 1. The zero-order valence-corrected chi connectivity index (χ0v) is 12.1. The smallest absolute Gasteiger partial charge is 0.411 e. The number of H-pyrrole nitrogens is 1. The molecule has 1 aliphatic heterocycles. The summed E-state index contributed by atoms with van der Waals surface area (Å²) in [6.07, 6.45) is -0.532. The molecule has 1 fully saturated rings. The van der Waals surface area contributed by atoms with Gasteiger partial charge < -0.3 is 14.6 Å². The molecule has 1 unspecified atom stereocenters. The molecule has 0 aliphatic carbocycles. The van der Waals surface area contributed by atoms with Crippen LogP contribution in [-0.4, -0.2) is 62.8 Å². The lowest BCUT2D eigenvalue weighted by molar-refractivity contribution is -0.0343. The van der Waals surface area contributed by atoms with Crippen molar-refractivity contribution in [3.8, 4) is 0 Å². The number of carbonyl (C=O) groups excluding carboxylic acids is 1. The van der Waals surface area contributed by atoms with Gasteiger partial charge in [0.2, 0.25) is 0 Å². The molecule has 1 aromatic rings. The first-order valence-electron chi connectivity index (χ1n) is 6.51. The van der Waals surface area contributed by atoms with Gasteiger partial charge in [0.05, 0.1) is 13.2 Å². The monoisotopic (exact) mass is 298 g/mol. The van der Waals surface area contributed by atoms with Gasteiger partial charge in [0.25, 0.3) is 0 Å². The van der Waals surface area contributed by atoms with Gasteiger partial charge in [0, 0.05) is 6.54 Å². The minimum atomic E-state index is -1.21. The molecule has 0 aromatic carbocycles. The molecule has 1 aliphatic rings. The van der Waals surface area contributed by atoms with E-state index in [1.807, 2.05) is 0 Å². The summed E-state index contributed by atoms with van der Waals surface area (Å²) in [5.74, 6) is -1.21. The molecule has 9 heteroatoms. The van der Waals surface area contributed by atoms with Gasteiger partial charge in [-0.25, -0.2) is 9.59 Å². The number of hydrogen-bond donors (Lipinski definition) is 2. The molecule has 1 atom stereocenters. The number of carboxylic acid groups (broad SMARTS) is 1. The maximum Gasteiger partial charge on any atom is 0.411 e. The fraction of sp³-hybridized carbons (Fsp3) is 0.667. The number of nitrogens with zero attached hydrogens (tertiary/aromatic N) is 3. The van der Waals surface area contributed by atoms with Crippen molar-refractivity contribution >= 4 is 12.1 Å². The second-order valence-electron chi connectivity index (χ2n) is 5.63. The average Bonchev–Trinajstić information content (AvgIpc) is 2.85. The minimum Gasteiger partial charge on any atom is -0.476 e. The Kier molecular flexibility index (Phi) is 4.12. The minimum absolute atomic E-state index is 0.145. The normalized spacial score (nSPS) is 19.4. The first-order valence-corrected chi connectivity index (χ1v) is 6.51. The molecule has 0 bridgehead atoms. The van der Waals surface area contributed by atoms with Crippen molar-refractivity contribution in [2.75, 3.05) is 19.8 Å². The first-order chi connectivity index (χ1) is 9.79. The summed E-state index contributed by atoms with van der Waals surface area (Å²) in [6.45, 7) is 6.09. The van der Waals surface area contributed by atoms with E-state index in [9.17, 15) is 9.59 Å². The summed E-state index contributed by atoms with van der Waals surface area (Å²) in [6, 6.07) is -0.640. The van der Waals surface area contributed by atoms with Gasteiger partial charge in [0.1, 0.15) is 17.3 Å². The predicted molar refractivity (Wildman–Crippen MR) is 69.8 cm³/mol. The van der Waals surface area contributed by atoms with E-state index in [1.165, 1.54) is 4.90 Å². The highest BCUT2D eigenvalue weighted by Gasteiger charge is 2.36. The molecule has 1 aromatic heterocycles. The molecular formula is C12H18N4O5. The lowest BCUT2D eigenvalue weighted by Gasteiger charge is -2.35. The van der Waals surface area contributed by atoms with Crippen molar-refractivity contribution in [3.05, 3.63) is 11.4 Å². The molecule has 2 N–H and O–H groups in total. The fourth-order valence-corrected chi connectivity index (χ4v) is 2.00. The molecule has 1 saturated heterocycles. The van der Waals surface area contributed by atoms with Gasteiger partial charge in [-0.15, -0.1) is 5.10 Å². The molecule has 21 heavy (non-hydrogen) atoms. The van der Waals surface area contributed by atoms with Crippen molar-refractivity contribution < 1.29 is 24.2 Å². The van der Waals surface area contributed by atoms with Gasteiger partial charge in [-0.05, 0) is 20.8 Å². The van der Waals surface area contributed by atoms with Crippen LogP contribution in [-0.2, 0) is 9.47 Å². The number of amides is 1. The van der Waals surface area contributed by atoms with E-state index in [0.29, 0.717) is 13.2 Å². The van der Waals surface area contributed by atoms with Crippen molar-refractivity contribution in [1.82, 2.24) is 20.3 Å². The van der Waals surface area contributed by atoms with E-state index in [-0.39, 0.29) is 18.0 Å². The summed E-state index contributed by atoms with van der Waals surface area (Å²) in [5, 5.41) is 18.8. The van der Waals surface area contributed by atoms with Crippen LogP contribution in [0.4, 0.5) is 4.79 Å². The van der Waals surface area contributed by atoms with Crippen LogP contribution >= 0.6 is 0 Å². The Morgan fingerprint density at radius 3 is 2.76 bits per heavy atom. The van der Waals surface area contributed by atoms with Gasteiger partial charge in [0.15, 0.2) is 5.69 Å². The van der Waals surface area contributed by atoms with Crippen LogP contribution in [0.5, 0.6) is 0 Å². The summed E-state index contributed by atoms with van der Waals surface area (Å²) in [5.41, 5.74) is -0.702. The third kappa shape index (κ3) is 3.48. The van der Waals surface area contributed by atoms with Crippen molar-refractivity contribution in [2.24, 2.45) is 0 Å². The van der Waals surface area contributed by atoms with E-state index in [1.54, 1.807) is 20.8 Å². The van der Waals surface area contributed by atoms with Crippen LogP contribution in [0, 0.1) is 0 Å². The SMILES string of the molecule is CC(C)(C)OC(=O)N1CCOCC1c1n[nH]nc1C(=O)O. The highest BCUT2D eigenvalue weighted by atomic mass is 16.6. The van der Waals surface area contributed by atoms with Crippen molar-refractivity contribution in [2.45, 2.75) is 32.4 Å². The number of hydrogen-bond acceptors (Lipinski definition) is 6. The number of aromatic nitrogens is 3. The average molecular weight is 298 g/mol. The standard InChI is InChI=1S/C12H18N4O5/c1-12(2,3)21-11(19)16-4-5-20-6-7(16)8-9(10(17)18)14-15-13-8/h7H,4-6H2,1-3H3,(H,17,18)(H,13,14,15). The molecule has 116 valence electrons. The highest BCUT2D eigenvalue weighted by molar-refractivity contribution is 5.86. The Bertz CT molecular complexity index is 536. The largest absolute Gasteiger partial charge is 0.476 e. The zero-order valence-electron chi connectivity index (χ0n) is 12.1. The molecule has 2 rings (SSSR count). The van der Waals surface area contributed by atoms with E-state index in [0.717, 1.165) is 0 Å². The topological polar surface area (TPSA) is 118 Å². The van der Waals surface area contributed by atoms with Crippen LogP contribution < -0.4 is 0 Å². The van der Waals surface area contributed by atoms with Crippen molar-refractivity contribution in [3.63, 3.8) is 0 Å². The summed E-state index contributed by atoms with van der Waals surface area (Å²) >= 11 is 0. The molecular weight excluding hydrogens is 280 g/mol. The fourth-order valence-electron chi connectivity index (χ4n) is 2.00. The summed E-state index contributed by atoms with van der Waals surface area (Å²) < 4.78 is 10.7. The Hall–Kier alpha value is -2.16. The first kappa shape index (κ1) is 15.2. The maximum atomic E-state index is 12.2. The Morgan fingerprint density at radius 2 is 2.14 bits per heavy atom. The summed E-state index contributed by atoms with van der Waals surface area (Å²) in [4.78, 5) is 24.8. The molecule has 0 saturated carbocycles. The lowest BCUT2D eigenvalue weighted by atomic mass is 10.1. The zero-order chi connectivity index (χ0) is 15.6. The highest BCUT2D eigenvalue weighted by Crippen LogP contribution is 2.26. The maximum absolute atomic E-state index is 12.2. The van der Waals surface area contributed by atoms with E-state index >= 15 is 0 Å². The number of ether oxygens (including phenoxy) is 2. The second-order valence-corrected chi connectivity index (χ2v) is 5.63. The third-order valence-corrected chi connectivity index (χ3v) is 2.85. The van der Waals surface area contributed by atoms with Crippen LogP contribution in [0.1, 0.15) is 43.0 Å². The van der Waals surface area contributed by atoms with E-state index in [4.69, 9.17) is 14.6 Å². The Balaban J connectivity index is 2.25. The number of carboxylic acids is 1. The third-order valence-electron chi connectivity index (χ3n) is 2.85. The van der Waals surface area contributed by atoms with Crippen LogP contribution in [0.3, 0.4) is 0 Å². The number of morpholine rings is 1. The number of carbonyl (C=O) groups is 2. The lowest BCUT2D eigenvalue weighted by Crippen LogP contribution is -2.46. The van der Waals surface area contributed by atoms with Gasteiger partial charge >= 0.3 is 12.1 Å². The van der Waals surface area contributed by atoms with Crippen LogP contribution in [0.2, 0.25) is 0 Å².